The zero-order chi connectivity index (χ0) is 18.4. The van der Waals surface area contributed by atoms with Crippen LogP contribution in [0.25, 0.3) is 0 Å². The molecule has 0 saturated carbocycles. The fraction of sp³-hybridized carbons (Fsp3) is 0.389. The predicted octanol–water partition coefficient (Wildman–Crippen LogP) is 1.55. The van der Waals surface area contributed by atoms with Crippen molar-refractivity contribution in [1.29, 1.82) is 0 Å². The lowest BCUT2D eigenvalue weighted by molar-refractivity contribution is -0.384. The highest BCUT2D eigenvalue weighted by atomic mass is 16.6. The number of aliphatic hydroxyl groups excluding tert-OH is 1. The van der Waals surface area contributed by atoms with Crippen LogP contribution >= 0.6 is 0 Å². The first-order valence-electron chi connectivity index (χ1n) is 8.55. The van der Waals surface area contributed by atoms with Gasteiger partial charge in [0.15, 0.2) is 0 Å². The Bertz CT molecular complexity index is 703. The lowest BCUT2D eigenvalue weighted by Gasteiger charge is -2.36. The average molecular weight is 358 g/mol. The number of nitro benzene ring substituents is 1. The molecule has 3 rings (SSSR count). The van der Waals surface area contributed by atoms with E-state index in [9.17, 15) is 15.2 Å². The highest BCUT2D eigenvalue weighted by molar-refractivity contribution is 5.38. The number of rotatable bonds is 7. The van der Waals surface area contributed by atoms with E-state index in [1.165, 1.54) is 24.3 Å². The maximum absolute atomic E-state index is 10.6. The maximum atomic E-state index is 10.6. The van der Waals surface area contributed by atoms with Gasteiger partial charge in [-0.15, -0.1) is 0 Å². The number of anilines is 1. The van der Waals surface area contributed by atoms with Crippen LogP contribution in [0.5, 0.6) is 5.75 Å². The Morgan fingerprint density at radius 3 is 2.50 bits per heavy atom. The molecule has 0 bridgehead atoms. The Kier molecular flexibility index (Phi) is 5.98. The number of aliphatic hydroxyl groups is 1. The number of aromatic nitrogens is 1. The van der Waals surface area contributed by atoms with Crippen LogP contribution < -0.4 is 9.64 Å². The quantitative estimate of drug-likeness (QED) is 0.593. The molecule has 2 aromatic rings. The fourth-order valence-corrected chi connectivity index (χ4v) is 2.91. The van der Waals surface area contributed by atoms with Crippen LogP contribution in [0.3, 0.4) is 0 Å². The van der Waals surface area contributed by atoms with Gasteiger partial charge in [0.2, 0.25) is 0 Å². The van der Waals surface area contributed by atoms with Gasteiger partial charge in [-0.2, -0.15) is 0 Å². The Labute approximate surface area is 151 Å². The zero-order valence-corrected chi connectivity index (χ0v) is 14.4. The van der Waals surface area contributed by atoms with Crippen molar-refractivity contribution in [3.05, 3.63) is 58.8 Å². The number of ether oxygens (including phenoxy) is 1. The number of piperazine rings is 1. The Hall–Kier alpha value is -2.71. The Morgan fingerprint density at radius 2 is 1.88 bits per heavy atom. The fourth-order valence-electron chi connectivity index (χ4n) is 2.91. The van der Waals surface area contributed by atoms with Crippen LogP contribution in [0.4, 0.5) is 11.5 Å². The molecule has 0 unspecified atom stereocenters. The van der Waals surface area contributed by atoms with Gasteiger partial charge >= 0.3 is 0 Å². The third kappa shape index (κ3) is 4.90. The summed E-state index contributed by atoms with van der Waals surface area (Å²) in [6.07, 6.45) is 1.17. The van der Waals surface area contributed by atoms with E-state index in [0.717, 1.165) is 32.0 Å². The first-order valence-corrected chi connectivity index (χ1v) is 8.55. The number of β-amino-alcohol motifs (C(OH)–C–C–N with tert-alkyl or cyclic N) is 1. The smallest absolute Gasteiger partial charge is 0.269 e. The minimum absolute atomic E-state index is 0.0173. The molecule has 1 atom stereocenters. The summed E-state index contributed by atoms with van der Waals surface area (Å²) >= 11 is 0. The van der Waals surface area contributed by atoms with Crippen molar-refractivity contribution in [2.75, 3.05) is 44.2 Å². The summed E-state index contributed by atoms with van der Waals surface area (Å²) in [5, 5.41) is 20.8. The van der Waals surface area contributed by atoms with Crippen LogP contribution in [-0.2, 0) is 0 Å². The first kappa shape index (κ1) is 18.1. The minimum Gasteiger partial charge on any atom is -0.491 e. The number of nitrogens with zero attached hydrogens (tertiary/aromatic N) is 4. The van der Waals surface area contributed by atoms with E-state index in [-0.39, 0.29) is 12.3 Å². The lowest BCUT2D eigenvalue weighted by atomic mass is 10.2. The monoisotopic (exact) mass is 358 g/mol. The van der Waals surface area contributed by atoms with Crippen LogP contribution in [0, 0.1) is 10.1 Å². The van der Waals surface area contributed by atoms with E-state index in [2.05, 4.69) is 14.8 Å². The number of pyridine rings is 1. The van der Waals surface area contributed by atoms with Crippen LogP contribution in [-0.4, -0.2) is 65.3 Å². The SMILES string of the molecule is O=[N+]([O-])c1ccc(OC[C@@H](O)CN2CCN(c3ccccn3)CC2)cc1. The van der Waals surface area contributed by atoms with Gasteiger partial charge < -0.3 is 14.7 Å². The van der Waals surface area contributed by atoms with Crippen LogP contribution in [0.2, 0.25) is 0 Å². The Balaban J connectivity index is 1.40. The summed E-state index contributed by atoms with van der Waals surface area (Å²) in [6.45, 7) is 4.12. The third-order valence-electron chi connectivity index (χ3n) is 4.30. The number of benzene rings is 1. The summed E-state index contributed by atoms with van der Waals surface area (Å²) in [6, 6.07) is 11.7. The molecular weight excluding hydrogens is 336 g/mol. The number of hydrogen-bond acceptors (Lipinski definition) is 7. The topological polar surface area (TPSA) is 92.0 Å². The molecule has 138 valence electrons. The Morgan fingerprint density at radius 1 is 1.15 bits per heavy atom. The molecule has 0 aliphatic carbocycles. The van der Waals surface area contributed by atoms with Crippen molar-refractivity contribution in [2.45, 2.75) is 6.10 Å². The molecule has 1 N–H and O–H groups in total. The predicted molar refractivity (Wildman–Crippen MR) is 97.5 cm³/mol. The number of hydrogen-bond donors (Lipinski definition) is 1. The van der Waals surface area contributed by atoms with E-state index in [1.807, 2.05) is 18.2 Å². The van der Waals surface area contributed by atoms with Gasteiger partial charge in [-0.25, -0.2) is 4.98 Å². The van der Waals surface area contributed by atoms with Gasteiger partial charge in [0.1, 0.15) is 24.3 Å². The second kappa shape index (κ2) is 8.59. The maximum Gasteiger partial charge on any atom is 0.269 e. The highest BCUT2D eigenvalue weighted by Gasteiger charge is 2.20. The van der Waals surface area contributed by atoms with Crippen LogP contribution in [0.15, 0.2) is 48.7 Å². The van der Waals surface area contributed by atoms with Crippen molar-refractivity contribution in [1.82, 2.24) is 9.88 Å². The second-order valence-electron chi connectivity index (χ2n) is 6.19. The standard InChI is InChI=1S/C18H22N4O4/c23-16(14-26-17-6-4-15(5-7-17)22(24)25)13-20-9-11-21(12-10-20)18-3-1-2-8-19-18/h1-8,16,23H,9-14H2/t16-/m0/s1. The second-order valence-corrected chi connectivity index (χ2v) is 6.19. The summed E-state index contributed by atoms with van der Waals surface area (Å²) in [5.41, 5.74) is 0.0173. The summed E-state index contributed by atoms with van der Waals surface area (Å²) in [7, 11) is 0. The zero-order valence-electron chi connectivity index (χ0n) is 14.4. The van der Waals surface area contributed by atoms with Gasteiger partial charge in [-0.3, -0.25) is 15.0 Å². The molecule has 2 heterocycles. The molecular formula is C18H22N4O4. The summed E-state index contributed by atoms with van der Waals surface area (Å²) < 4.78 is 5.51. The molecule has 1 fully saturated rings. The van der Waals surface area contributed by atoms with Gasteiger partial charge in [-0.05, 0) is 24.3 Å². The molecule has 1 aromatic carbocycles. The number of non-ortho nitro benzene ring substituents is 1. The molecule has 26 heavy (non-hydrogen) atoms. The van der Waals surface area contributed by atoms with Gasteiger partial charge in [-0.1, -0.05) is 6.07 Å². The molecule has 1 saturated heterocycles. The van der Waals surface area contributed by atoms with Crippen molar-refractivity contribution in [2.24, 2.45) is 0 Å². The minimum atomic E-state index is -0.619. The highest BCUT2D eigenvalue weighted by Crippen LogP contribution is 2.17. The normalized spacial score (nSPS) is 16.3. The first-order chi connectivity index (χ1) is 12.6. The van der Waals surface area contributed by atoms with Gasteiger partial charge in [0, 0.05) is 51.1 Å². The largest absolute Gasteiger partial charge is 0.491 e. The van der Waals surface area contributed by atoms with E-state index < -0.39 is 11.0 Å². The van der Waals surface area contributed by atoms with Crippen LogP contribution in [0.1, 0.15) is 0 Å². The van der Waals surface area contributed by atoms with E-state index in [0.29, 0.717) is 12.3 Å². The molecule has 8 nitrogen and oxygen atoms in total. The van der Waals surface area contributed by atoms with Crippen molar-refractivity contribution in [3.63, 3.8) is 0 Å². The lowest BCUT2D eigenvalue weighted by Crippen LogP contribution is -2.49. The molecule has 0 radical (unpaired) electrons. The van der Waals surface area contributed by atoms with Gasteiger partial charge in [0.25, 0.3) is 5.69 Å². The average Bonchev–Trinajstić information content (AvgIpc) is 2.68. The van der Waals surface area contributed by atoms with Crippen molar-refractivity contribution >= 4 is 11.5 Å². The van der Waals surface area contributed by atoms with E-state index >= 15 is 0 Å². The molecule has 0 spiro atoms. The number of nitro groups is 1. The summed E-state index contributed by atoms with van der Waals surface area (Å²) in [4.78, 5) is 19.0. The molecule has 1 aromatic heterocycles. The summed E-state index contributed by atoms with van der Waals surface area (Å²) in [5.74, 6) is 1.49. The van der Waals surface area contributed by atoms with Gasteiger partial charge in [0.05, 0.1) is 4.92 Å². The third-order valence-corrected chi connectivity index (χ3v) is 4.30. The van der Waals surface area contributed by atoms with Crippen molar-refractivity contribution < 1.29 is 14.8 Å². The molecule has 1 aliphatic rings. The molecule has 8 heteroatoms. The molecule has 0 amide bonds. The van der Waals surface area contributed by atoms with E-state index in [4.69, 9.17) is 4.74 Å². The van der Waals surface area contributed by atoms with Crippen molar-refractivity contribution in [3.8, 4) is 5.75 Å². The van der Waals surface area contributed by atoms with E-state index in [1.54, 1.807) is 6.20 Å². The molecule has 1 aliphatic heterocycles.